The minimum absolute atomic E-state index is 0.0409. The molecule has 0 spiro atoms. The Morgan fingerprint density at radius 3 is 2.73 bits per heavy atom. The molecule has 1 aromatic heterocycles. The van der Waals surface area contributed by atoms with E-state index in [4.69, 9.17) is 0 Å². The summed E-state index contributed by atoms with van der Waals surface area (Å²) in [6.45, 7) is 1.63. The summed E-state index contributed by atoms with van der Waals surface area (Å²) in [4.78, 5) is 30.6. The third-order valence-electron chi connectivity index (χ3n) is 5.40. The first-order valence-electron chi connectivity index (χ1n) is 9.42. The summed E-state index contributed by atoms with van der Waals surface area (Å²) in [5, 5.41) is 2.12. The third kappa shape index (κ3) is 3.40. The molecular weight excluding hydrogens is 344 g/mol. The molecule has 0 N–H and O–H groups in total. The van der Waals surface area contributed by atoms with Gasteiger partial charge in [0.1, 0.15) is 0 Å². The van der Waals surface area contributed by atoms with Crippen LogP contribution in [0.4, 0.5) is 0 Å². The fraction of sp³-hybridized carbons (Fsp3) is 0.429. The molecular formula is C21H24N2O2S. The van der Waals surface area contributed by atoms with E-state index in [1.54, 1.807) is 16.2 Å². The Balaban J connectivity index is 1.60. The predicted octanol–water partition coefficient (Wildman–Crippen LogP) is 3.62. The molecule has 2 aliphatic rings. The summed E-state index contributed by atoms with van der Waals surface area (Å²) in [6.07, 6.45) is 4.49. The van der Waals surface area contributed by atoms with Gasteiger partial charge in [-0.25, -0.2) is 0 Å². The van der Waals surface area contributed by atoms with Crippen LogP contribution >= 0.6 is 11.3 Å². The van der Waals surface area contributed by atoms with Crippen molar-refractivity contribution in [3.8, 4) is 0 Å². The largest absolute Gasteiger partial charge is 0.333 e. The predicted molar refractivity (Wildman–Crippen MR) is 103 cm³/mol. The summed E-state index contributed by atoms with van der Waals surface area (Å²) >= 11 is 1.77. The zero-order valence-electron chi connectivity index (χ0n) is 14.9. The fourth-order valence-corrected chi connectivity index (χ4v) is 4.94. The van der Waals surface area contributed by atoms with Gasteiger partial charge in [-0.3, -0.25) is 9.59 Å². The monoisotopic (exact) mass is 368 g/mol. The normalized spacial score (nSPS) is 20.6. The van der Waals surface area contributed by atoms with Gasteiger partial charge in [0.2, 0.25) is 11.8 Å². The Labute approximate surface area is 158 Å². The first-order chi connectivity index (χ1) is 12.7. The molecule has 1 saturated heterocycles. The Hall–Kier alpha value is -2.14. The maximum Gasteiger partial charge on any atom is 0.242 e. The van der Waals surface area contributed by atoms with E-state index in [0.29, 0.717) is 19.5 Å². The molecule has 136 valence electrons. The van der Waals surface area contributed by atoms with E-state index < -0.39 is 0 Å². The SMILES string of the molecule is O=C1CCCCCN1CC(=O)N1CCc2sccc2[C@H]1c1ccccc1. The van der Waals surface area contributed by atoms with Crippen LogP contribution in [-0.2, 0) is 16.0 Å². The Morgan fingerprint density at radius 1 is 1.04 bits per heavy atom. The molecule has 26 heavy (non-hydrogen) atoms. The van der Waals surface area contributed by atoms with E-state index in [1.807, 2.05) is 23.1 Å². The van der Waals surface area contributed by atoms with Crippen molar-refractivity contribution in [2.24, 2.45) is 0 Å². The number of benzene rings is 1. The van der Waals surface area contributed by atoms with E-state index >= 15 is 0 Å². The van der Waals surface area contributed by atoms with Gasteiger partial charge in [0.15, 0.2) is 0 Å². The quantitative estimate of drug-likeness (QED) is 0.830. The van der Waals surface area contributed by atoms with Crippen molar-refractivity contribution >= 4 is 23.2 Å². The fourth-order valence-electron chi connectivity index (χ4n) is 4.04. The molecule has 0 radical (unpaired) electrons. The van der Waals surface area contributed by atoms with Crippen molar-refractivity contribution in [2.75, 3.05) is 19.6 Å². The van der Waals surface area contributed by atoms with Crippen molar-refractivity contribution in [3.05, 3.63) is 57.8 Å². The van der Waals surface area contributed by atoms with Crippen LogP contribution in [0.15, 0.2) is 41.8 Å². The minimum atomic E-state index is -0.0409. The number of hydrogen-bond acceptors (Lipinski definition) is 3. The summed E-state index contributed by atoms with van der Waals surface area (Å²) < 4.78 is 0. The first-order valence-corrected chi connectivity index (χ1v) is 10.3. The van der Waals surface area contributed by atoms with E-state index in [2.05, 4.69) is 23.6 Å². The molecule has 2 aliphatic heterocycles. The highest BCUT2D eigenvalue weighted by Crippen LogP contribution is 2.37. The number of nitrogens with zero attached hydrogens (tertiary/aromatic N) is 2. The number of rotatable bonds is 3. The standard InChI is InChI=1S/C21H24N2O2S/c24-19-9-5-2-6-12-22(19)15-20(25)23-13-10-18-17(11-14-26-18)21(23)16-7-3-1-4-8-16/h1,3-4,7-8,11,14,21H,2,5-6,9-10,12-13,15H2/t21-/m1/s1. The molecule has 2 amide bonds. The number of hydrogen-bond donors (Lipinski definition) is 0. The van der Waals surface area contributed by atoms with Gasteiger partial charge in [-0.15, -0.1) is 11.3 Å². The van der Waals surface area contributed by atoms with Gasteiger partial charge in [-0.1, -0.05) is 36.8 Å². The number of carbonyl (C=O) groups is 2. The molecule has 1 atom stereocenters. The second-order valence-electron chi connectivity index (χ2n) is 7.08. The number of amides is 2. The lowest BCUT2D eigenvalue weighted by atomic mass is 9.93. The summed E-state index contributed by atoms with van der Waals surface area (Å²) in [5.74, 6) is 0.186. The van der Waals surface area contributed by atoms with Crippen LogP contribution in [0, 0.1) is 0 Å². The topological polar surface area (TPSA) is 40.6 Å². The maximum atomic E-state index is 13.2. The van der Waals surface area contributed by atoms with Crippen molar-refractivity contribution in [1.82, 2.24) is 9.80 Å². The van der Waals surface area contributed by atoms with Crippen LogP contribution in [0.2, 0.25) is 0 Å². The van der Waals surface area contributed by atoms with Gasteiger partial charge in [0.05, 0.1) is 12.6 Å². The average molecular weight is 369 g/mol. The van der Waals surface area contributed by atoms with Crippen molar-refractivity contribution in [3.63, 3.8) is 0 Å². The zero-order valence-corrected chi connectivity index (χ0v) is 15.7. The Kier molecular flexibility index (Phi) is 5.07. The Morgan fingerprint density at radius 2 is 1.88 bits per heavy atom. The van der Waals surface area contributed by atoms with Gasteiger partial charge < -0.3 is 9.80 Å². The summed E-state index contributed by atoms with van der Waals surface area (Å²) in [7, 11) is 0. The van der Waals surface area contributed by atoms with Crippen LogP contribution in [0.1, 0.15) is 47.7 Å². The van der Waals surface area contributed by atoms with Crippen LogP contribution in [-0.4, -0.2) is 41.2 Å². The van der Waals surface area contributed by atoms with Crippen LogP contribution in [0.5, 0.6) is 0 Å². The molecule has 4 rings (SSSR count). The molecule has 3 heterocycles. The molecule has 1 aromatic carbocycles. The molecule has 4 nitrogen and oxygen atoms in total. The van der Waals surface area contributed by atoms with Gasteiger partial charge in [0.25, 0.3) is 0 Å². The summed E-state index contributed by atoms with van der Waals surface area (Å²) in [6, 6.07) is 12.3. The average Bonchev–Trinajstić information content (AvgIpc) is 3.06. The smallest absolute Gasteiger partial charge is 0.242 e. The number of likely N-dealkylation sites (tertiary alicyclic amines) is 1. The third-order valence-corrected chi connectivity index (χ3v) is 6.40. The van der Waals surface area contributed by atoms with Crippen LogP contribution < -0.4 is 0 Å². The van der Waals surface area contributed by atoms with Gasteiger partial charge >= 0.3 is 0 Å². The molecule has 0 saturated carbocycles. The lowest BCUT2D eigenvalue weighted by molar-refractivity contribution is -0.141. The lowest BCUT2D eigenvalue weighted by Gasteiger charge is -2.37. The molecule has 5 heteroatoms. The van der Waals surface area contributed by atoms with E-state index in [-0.39, 0.29) is 24.4 Å². The first kappa shape index (κ1) is 17.3. The van der Waals surface area contributed by atoms with E-state index in [1.165, 1.54) is 10.4 Å². The van der Waals surface area contributed by atoms with Crippen LogP contribution in [0.25, 0.3) is 0 Å². The van der Waals surface area contributed by atoms with Crippen molar-refractivity contribution < 1.29 is 9.59 Å². The van der Waals surface area contributed by atoms with E-state index in [0.717, 1.165) is 31.2 Å². The molecule has 0 aliphatic carbocycles. The minimum Gasteiger partial charge on any atom is -0.333 e. The molecule has 1 fully saturated rings. The summed E-state index contributed by atoms with van der Waals surface area (Å²) in [5.41, 5.74) is 2.38. The molecule has 0 unspecified atom stereocenters. The number of carbonyl (C=O) groups excluding carboxylic acids is 2. The van der Waals surface area contributed by atoms with E-state index in [9.17, 15) is 9.59 Å². The molecule has 2 aromatic rings. The highest BCUT2D eigenvalue weighted by Gasteiger charge is 2.33. The van der Waals surface area contributed by atoms with Crippen molar-refractivity contribution in [1.29, 1.82) is 0 Å². The second kappa shape index (κ2) is 7.62. The number of thiophene rings is 1. The van der Waals surface area contributed by atoms with Gasteiger partial charge in [0, 0.05) is 24.4 Å². The lowest BCUT2D eigenvalue weighted by Crippen LogP contribution is -2.46. The van der Waals surface area contributed by atoms with Crippen LogP contribution in [0.3, 0.4) is 0 Å². The highest BCUT2D eigenvalue weighted by molar-refractivity contribution is 7.10. The van der Waals surface area contributed by atoms with Crippen molar-refractivity contribution in [2.45, 2.75) is 38.1 Å². The second-order valence-corrected chi connectivity index (χ2v) is 8.08. The highest BCUT2D eigenvalue weighted by atomic mass is 32.1. The van der Waals surface area contributed by atoms with Gasteiger partial charge in [-0.2, -0.15) is 0 Å². The molecule has 0 bridgehead atoms. The number of fused-ring (bicyclic) bond motifs is 1. The zero-order chi connectivity index (χ0) is 17.9. The maximum absolute atomic E-state index is 13.2. The Bertz CT molecular complexity index is 786. The van der Waals surface area contributed by atoms with Gasteiger partial charge in [-0.05, 0) is 41.8 Å².